The van der Waals surface area contributed by atoms with Gasteiger partial charge in [0.15, 0.2) is 0 Å². The molecule has 1 N–H and O–H groups in total. The highest BCUT2D eigenvalue weighted by atomic mass is 16.5. The van der Waals surface area contributed by atoms with Crippen LogP contribution in [0, 0.1) is 17.8 Å². The molecule has 0 aliphatic rings. The predicted molar refractivity (Wildman–Crippen MR) is 109 cm³/mol. The highest BCUT2D eigenvalue weighted by molar-refractivity contribution is 5.59. The van der Waals surface area contributed by atoms with E-state index in [1.54, 1.807) is 7.11 Å². The van der Waals surface area contributed by atoms with Gasteiger partial charge in [0.2, 0.25) is 0 Å². The second-order valence-corrected chi connectivity index (χ2v) is 7.69. The van der Waals surface area contributed by atoms with Crippen molar-refractivity contribution in [1.82, 2.24) is 9.55 Å². The summed E-state index contributed by atoms with van der Waals surface area (Å²) in [5, 5.41) is 0. The summed E-state index contributed by atoms with van der Waals surface area (Å²) in [6.07, 6.45) is 3.16. The van der Waals surface area contributed by atoms with Crippen LogP contribution in [-0.2, 0) is 5.41 Å². The molecule has 0 unspecified atom stereocenters. The smallest absolute Gasteiger partial charge is 0.332 e. The number of hydrogen-bond donors (Lipinski definition) is 1. The molecule has 27 heavy (non-hydrogen) atoms. The highest BCUT2D eigenvalue weighted by Crippen LogP contribution is 2.39. The maximum Gasteiger partial charge on any atom is 0.332 e. The van der Waals surface area contributed by atoms with Crippen LogP contribution < -0.4 is 16.0 Å². The third-order valence-electron chi connectivity index (χ3n) is 4.43. The number of hydrogen-bond acceptors (Lipinski definition) is 3. The lowest BCUT2D eigenvalue weighted by Crippen LogP contribution is -2.28. The normalized spacial score (nSPS) is 11.2. The van der Waals surface area contributed by atoms with E-state index >= 15 is 0 Å². The molecule has 144 valence electrons. The van der Waals surface area contributed by atoms with Gasteiger partial charge in [0, 0.05) is 24.2 Å². The monoisotopic (exact) mass is 368 g/mol. The van der Waals surface area contributed by atoms with Gasteiger partial charge in [-0.25, -0.2) is 4.79 Å². The number of nitrogens with zero attached hydrogens (tertiary/aromatic N) is 1. The first kappa shape index (κ1) is 20.6. The number of aromatic nitrogens is 2. The molecule has 0 fully saturated rings. The van der Waals surface area contributed by atoms with E-state index in [0.29, 0.717) is 11.6 Å². The SMILES string of the molecule is CCC#Cc1cc(-n2ccc(=O)[nH]c2=O)cc(C(C)(C)CC(C)C)c1OC. The van der Waals surface area contributed by atoms with Gasteiger partial charge < -0.3 is 4.74 Å². The molecular formula is C22H28N2O3. The Labute approximate surface area is 160 Å². The number of ether oxygens (including phenoxy) is 1. The van der Waals surface area contributed by atoms with Crippen molar-refractivity contribution in [2.75, 3.05) is 7.11 Å². The van der Waals surface area contributed by atoms with E-state index in [-0.39, 0.29) is 5.41 Å². The van der Waals surface area contributed by atoms with Crippen molar-refractivity contribution in [3.05, 3.63) is 56.4 Å². The average molecular weight is 368 g/mol. The molecule has 0 aliphatic heterocycles. The van der Waals surface area contributed by atoms with Crippen LogP contribution in [0.2, 0.25) is 0 Å². The summed E-state index contributed by atoms with van der Waals surface area (Å²) in [5.74, 6) is 7.48. The summed E-state index contributed by atoms with van der Waals surface area (Å²) < 4.78 is 7.16. The molecule has 2 rings (SSSR count). The Bertz CT molecular complexity index is 985. The van der Waals surface area contributed by atoms with Crippen molar-refractivity contribution < 1.29 is 4.74 Å². The maximum absolute atomic E-state index is 12.3. The fourth-order valence-corrected chi connectivity index (χ4v) is 3.50. The Morgan fingerprint density at radius 2 is 1.96 bits per heavy atom. The summed E-state index contributed by atoms with van der Waals surface area (Å²) in [6, 6.07) is 5.12. The number of benzene rings is 1. The fourth-order valence-electron chi connectivity index (χ4n) is 3.50. The summed E-state index contributed by atoms with van der Waals surface area (Å²) in [7, 11) is 1.65. The summed E-state index contributed by atoms with van der Waals surface area (Å²) in [4.78, 5) is 26.0. The summed E-state index contributed by atoms with van der Waals surface area (Å²) in [6.45, 7) is 10.7. The van der Waals surface area contributed by atoms with E-state index in [2.05, 4.69) is 44.5 Å². The Morgan fingerprint density at radius 1 is 1.26 bits per heavy atom. The molecule has 0 radical (unpaired) electrons. The number of aromatic amines is 1. The molecule has 5 nitrogen and oxygen atoms in total. The van der Waals surface area contributed by atoms with Crippen molar-refractivity contribution in [1.29, 1.82) is 0 Å². The molecule has 1 aromatic carbocycles. The molecule has 0 saturated carbocycles. The second-order valence-electron chi connectivity index (χ2n) is 7.69. The Balaban J connectivity index is 2.81. The van der Waals surface area contributed by atoms with Crippen LogP contribution in [0.4, 0.5) is 0 Å². The van der Waals surface area contributed by atoms with Gasteiger partial charge >= 0.3 is 5.69 Å². The molecule has 0 atom stereocenters. The lowest BCUT2D eigenvalue weighted by Gasteiger charge is -2.30. The van der Waals surface area contributed by atoms with Crippen LogP contribution in [0.25, 0.3) is 5.69 Å². The van der Waals surface area contributed by atoms with Crippen molar-refractivity contribution >= 4 is 0 Å². The molecular weight excluding hydrogens is 340 g/mol. The molecule has 1 aromatic heterocycles. The fraction of sp³-hybridized carbons (Fsp3) is 0.455. The van der Waals surface area contributed by atoms with Crippen molar-refractivity contribution in [2.45, 2.75) is 52.9 Å². The molecule has 0 spiro atoms. The van der Waals surface area contributed by atoms with E-state index in [1.165, 1.54) is 16.8 Å². The highest BCUT2D eigenvalue weighted by Gasteiger charge is 2.28. The van der Waals surface area contributed by atoms with Crippen LogP contribution in [0.1, 0.15) is 58.6 Å². The molecule has 0 saturated heterocycles. The first-order valence-electron chi connectivity index (χ1n) is 9.23. The van der Waals surface area contributed by atoms with Crippen molar-refractivity contribution in [3.63, 3.8) is 0 Å². The minimum atomic E-state index is -0.477. The zero-order valence-electron chi connectivity index (χ0n) is 17.0. The number of nitrogens with one attached hydrogen (secondary N) is 1. The summed E-state index contributed by atoms with van der Waals surface area (Å²) in [5.41, 5.74) is 1.32. The molecule has 2 aromatic rings. The van der Waals surface area contributed by atoms with Crippen LogP contribution >= 0.6 is 0 Å². The second kappa shape index (κ2) is 8.30. The van der Waals surface area contributed by atoms with Crippen LogP contribution in [-0.4, -0.2) is 16.7 Å². The van der Waals surface area contributed by atoms with Gasteiger partial charge in [-0.2, -0.15) is 0 Å². The molecule has 0 bridgehead atoms. The lowest BCUT2D eigenvalue weighted by molar-refractivity contribution is 0.361. The van der Waals surface area contributed by atoms with Crippen LogP contribution in [0.3, 0.4) is 0 Å². The van der Waals surface area contributed by atoms with Gasteiger partial charge in [-0.3, -0.25) is 14.3 Å². The van der Waals surface area contributed by atoms with E-state index in [1.807, 2.05) is 19.1 Å². The zero-order chi connectivity index (χ0) is 20.2. The standard InChI is InChI=1S/C22H28N2O3/c1-7-8-9-16-12-17(24-11-10-19(25)23-21(24)26)13-18(20(16)27-6)22(4,5)14-15(2)3/h10-13,15H,7,14H2,1-6H3,(H,23,25,26). The van der Waals surface area contributed by atoms with Crippen LogP contribution in [0.15, 0.2) is 34.0 Å². The van der Waals surface area contributed by atoms with Gasteiger partial charge in [-0.05, 0) is 29.9 Å². The van der Waals surface area contributed by atoms with Crippen LogP contribution in [0.5, 0.6) is 5.75 Å². The van der Waals surface area contributed by atoms with E-state index in [0.717, 1.165) is 29.7 Å². The quantitative estimate of drug-likeness (QED) is 0.820. The molecule has 5 heteroatoms. The topological polar surface area (TPSA) is 64.1 Å². The molecule has 0 amide bonds. The first-order chi connectivity index (χ1) is 12.7. The third kappa shape index (κ3) is 4.71. The van der Waals surface area contributed by atoms with Gasteiger partial charge in [-0.1, -0.05) is 46.5 Å². The van der Waals surface area contributed by atoms with Gasteiger partial charge in [0.05, 0.1) is 18.4 Å². The molecule has 1 heterocycles. The van der Waals surface area contributed by atoms with Gasteiger partial charge in [-0.15, -0.1) is 0 Å². The number of methoxy groups -OCH3 is 1. The van der Waals surface area contributed by atoms with E-state index in [4.69, 9.17) is 4.74 Å². The maximum atomic E-state index is 12.3. The minimum absolute atomic E-state index is 0.177. The molecule has 0 aliphatic carbocycles. The lowest BCUT2D eigenvalue weighted by atomic mass is 9.76. The Kier molecular flexibility index (Phi) is 6.32. The zero-order valence-corrected chi connectivity index (χ0v) is 17.0. The van der Waals surface area contributed by atoms with E-state index < -0.39 is 11.2 Å². The van der Waals surface area contributed by atoms with Crippen molar-refractivity contribution in [2.24, 2.45) is 5.92 Å². The third-order valence-corrected chi connectivity index (χ3v) is 4.43. The minimum Gasteiger partial charge on any atom is -0.495 e. The number of rotatable bonds is 5. The Hall–Kier alpha value is -2.74. The van der Waals surface area contributed by atoms with Crippen molar-refractivity contribution in [3.8, 4) is 23.3 Å². The largest absolute Gasteiger partial charge is 0.495 e. The Morgan fingerprint density at radius 3 is 2.52 bits per heavy atom. The average Bonchev–Trinajstić information content (AvgIpc) is 2.58. The number of H-pyrrole nitrogens is 1. The van der Waals surface area contributed by atoms with E-state index in [9.17, 15) is 9.59 Å². The first-order valence-corrected chi connectivity index (χ1v) is 9.23. The summed E-state index contributed by atoms with van der Waals surface area (Å²) >= 11 is 0. The predicted octanol–water partition coefficient (Wildman–Crippen LogP) is 3.62. The van der Waals surface area contributed by atoms with Gasteiger partial charge in [0.1, 0.15) is 5.75 Å². The van der Waals surface area contributed by atoms with Gasteiger partial charge in [0.25, 0.3) is 5.56 Å².